The lowest BCUT2D eigenvalue weighted by atomic mass is 10.1. The van der Waals surface area contributed by atoms with Crippen molar-refractivity contribution in [1.29, 1.82) is 0 Å². The van der Waals surface area contributed by atoms with E-state index in [-0.39, 0.29) is 19.4 Å². The van der Waals surface area contributed by atoms with Gasteiger partial charge in [-0.2, -0.15) is 0 Å². The summed E-state index contributed by atoms with van der Waals surface area (Å²) in [6.07, 6.45) is -0.927. The summed E-state index contributed by atoms with van der Waals surface area (Å²) < 4.78 is 0. The van der Waals surface area contributed by atoms with Crippen molar-refractivity contribution in [3.8, 4) is 0 Å². The molecule has 136 valence electrons. The maximum absolute atomic E-state index is 12.6. The molecule has 1 aliphatic rings. The second-order valence-electron chi connectivity index (χ2n) is 5.79. The lowest BCUT2D eigenvalue weighted by molar-refractivity contribution is -0.150. The van der Waals surface area contributed by atoms with Crippen molar-refractivity contribution in [1.82, 2.24) is 10.2 Å². The number of aliphatic hydroxyl groups excluding tert-OH is 1. The van der Waals surface area contributed by atoms with Gasteiger partial charge in [0.1, 0.15) is 18.1 Å². The van der Waals surface area contributed by atoms with Gasteiger partial charge >= 0.3 is 11.9 Å². The summed E-state index contributed by atoms with van der Waals surface area (Å²) in [6, 6.07) is -3.48. The van der Waals surface area contributed by atoms with Gasteiger partial charge in [0, 0.05) is 13.0 Å². The van der Waals surface area contributed by atoms with E-state index in [0.717, 1.165) is 4.90 Å². The van der Waals surface area contributed by atoms with Gasteiger partial charge in [-0.15, -0.1) is 0 Å². The van der Waals surface area contributed by atoms with Crippen molar-refractivity contribution < 1.29 is 34.5 Å². The number of carboxylic acid groups (broad SMARTS) is 2. The fraction of sp³-hybridized carbons (Fsp3) is 0.714. The van der Waals surface area contributed by atoms with Crippen LogP contribution in [0, 0.1) is 0 Å². The van der Waals surface area contributed by atoms with Crippen LogP contribution < -0.4 is 11.1 Å². The van der Waals surface area contributed by atoms with Crippen molar-refractivity contribution in [2.45, 2.75) is 56.8 Å². The number of nitrogens with zero attached hydrogens (tertiary/aromatic N) is 1. The Kier molecular flexibility index (Phi) is 7.11. The van der Waals surface area contributed by atoms with Crippen LogP contribution in [0.15, 0.2) is 0 Å². The van der Waals surface area contributed by atoms with Gasteiger partial charge in [-0.05, 0) is 26.2 Å². The van der Waals surface area contributed by atoms with Crippen molar-refractivity contribution >= 4 is 23.8 Å². The lowest BCUT2D eigenvalue weighted by Gasteiger charge is -2.28. The summed E-state index contributed by atoms with van der Waals surface area (Å²) >= 11 is 0. The number of nitrogens with two attached hydrogens (primary N) is 1. The average molecular weight is 345 g/mol. The zero-order chi connectivity index (χ0) is 18.4. The molecule has 1 heterocycles. The highest BCUT2D eigenvalue weighted by atomic mass is 16.4. The Labute approximate surface area is 138 Å². The van der Waals surface area contributed by atoms with Crippen molar-refractivity contribution in [2.24, 2.45) is 5.73 Å². The van der Waals surface area contributed by atoms with Gasteiger partial charge in [0.05, 0.1) is 6.10 Å². The summed E-state index contributed by atoms with van der Waals surface area (Å²) in [5, 5.41) is 29.6. The van der Waals surface area contributed by atoms with E-state index < -0.39 is 48.0 Å². The van der Waals surface area contributed by atoms with Crippen LogP contribution >= 0.6 is 0 Å². The van der Waals surface area contributed by atoms with Gasteiger partial charge in [0.25, 0.3) is 0 Å². The molecule has 1 fully saturated rings. The first-order valence-corrected chi connectivity index (χ1v) is 7.64. The normalized spacial score (nSPS) is 21.0. The predicted octanol–water partition coefficient (Wildman–Crippen LogP) is -1.88. The van der Waals surface area contributed by atoms with Crippen LogP contribution in [0.2, 0.25) is 0 Å². The predicted molar refractivity (Wildman–Crippen MR) is 80.8 cm³/mol. The molecule has 1 aliphatic heterocycles. The molecule has 1 saturated heterocycles. The molecule has 0 aromatic rings. The molecule has 1 rings (SSSR count). The maximum Gasteiger partial charge on any atom is 0.326 e. The number of carbonyl (C=O) groups is 4. The molecule has 2 amide bonds. The summed E-state index contributed by atoms with van der Waals surface area (Å²) in [4.78, 5) is 47.6. The van der Waals surface area contributed by atoms with Crippen LogP contribution in [-0.4, -0.2) is 74.7 Å². The van der Waals surface area contributed by atoms with E-state index in [9.17, 15) is 24.3 Å². The molecule has 0 saturated carbocycles. The summed E-state index contributed by atoms with van der Waals surface area (Å²) in [7, 11) is 0. The molecule has 4 atom stereocenters. The van der Waals surface area contributed by atoms with Gasteiger partial charge in [-0.1, -0.05) is 0 Å². The first kappa shape index (κ1) is 19.8. The van der Waals surface area contributed by atoms with E-state index in [1.807, 2.05) is 0 Å². The Morgan fingerprint density at radius 3 is 2.42 bits per heavy atom. The molecule has 0 radical (unpaired) electrons. The maximum atomic E-state index is 12.6. The second kappa shape index (κ2) is 8.60. The van der Waals surface area contributed by atoms with Gasteiger partial charge in [-0.25, -0.2) is 4.79 Å². The largest absolute Gasteiger partial charge is 0.481 e. The monoisotopic (exact) mass is 345 g/mol. The van der Waals surface area contributed by atoms with E-state index in [1.165, 1.54) is 6.92 Å². The van der Waals surface area contributed by atoms with Gasteiger partial charge in [0.15, 0.2) is 0 Å². The molecular formula is C14H23N3O7. The number of hydrogen-bond donors (Lipinski definition) is 5. The van der Waals surface area contributed by atoms with Crippen LogP contribution in [0.3, 0.4) is 0 Å². The highest BCUT2D eigenvalue weighted by Crippen LogP contribution is 2.19. The minimum atomic E-state index is -1.28. The van der Waals surface area contributed by atoms with E-state index in [4.69, 9.17) is 15.9 Å². The Hall–Kier alpha value is -2.20. The van der Waals surface area contributed by atoms with E-state index in [0.29, 0.717) is 12.8 Å². The number of hydrogen-bond acceptors (Lipinski definition) is 6. The smallest absolute Gasteiger partial charge is 0.326 e. The zero-order valence-electron chi connectivity index (χ0n) is 13.3. The molecule has 0 aliphatic carbocycles. The number of rotatable bonds is 8. The van der Waals surface area contributed by atoms with Crippen molar-refractivity contribution in [3.63, 3.8) is 0 Å². The number of likely N-dealkylation sites (tertiary alicyclic amines) is 1. The standard InChI is InChI=1S/C14H23N3O7/c1-7(18)11(15)12(21)16-8(4-5-10(19)20)13(22)17-6-2-3-9(17)14(23)24/h7-9,11,18H,2-6,15H2,1H3,(H,16,21)(H,19,20)(H,23,24). The number of amides is 2. The highest BCUT2D eigenvalue weighted by Gasteiger charge is 2.38. The first-order chi connectivity index (χ1) is 11.1. The Morgan fingerprint density at radius 1 is 1.29 bits per heavy atom. The third-order valence-electron chi connectivity index (χ3n) is 3.90. The molecule has 10 nitrogen and oxygen atoms in total. The summed E-state index contributed by atoms with van der Waals surface area (Å²) in [5.74, 6) is -3.77. The minimum absolute atomic E-state index is 0.199. The van der Waals surface area contributed by atoms with Gasteiger partial charge < -0.3 is 31.3 Å². The average Bonchev–Trinajstić information content (AvgIpc) is 2.99. The molecule has 6 N–H and O–H groups in total. The van der Waals surface area contributed by atoms with Crippen LogP contribution in [0.5, 0.6) is 0 Å². The molecular weight excluding hydrogens is 322 g/mol. The van der Waals surface area contributed by atoms with Crippen LogP contribution in [0.25, 0.3) is 0 Å². The van der Waals surface area contributed by atoms with Crippen LogP contribution in [0.1, 0.15) is 32.6 Å². The molecule has 0 aromatic heterocycles. The summed E-state index contributed by atoms with van der Waals surface area (Å²) in [6.45, 7) is 1.52. The van der Waals surface area contributed by atoms with E-state index in [1.54, 1.807) is 0 Å². The Morgan fingerprint density at radius 2 is 1.92 bits per heavy atom. The third-order valence-corrected chi connectivity index (χ3v) is 3.90. The number of aliphatic hydroxyl groups is 1. The van der Waals surface area contributed by atoms with Crippen LogP contribution in [-0.2, 0) is 19.2 Å². The fourth-order valence-electron chi connectivity index (χ4n) is 2.50. The number of nitrogens with one attached hydrogen (secondary N) is 1. The molecule has 0 bridgehead atoms. The Balaban J connectivity index is 2.87. The lowest BCUT2D eigenvalue weighted by Crippen LogP contribution is -2.56. The third kappa shape index (κ3) is 5.17. The quantitative estimate of drug-likeness (QED) is 0.340. The topological polar surface area (TPSA) is 170 Å². The molecule has 0 spiro atoms. The number of carboxylic acids is 2. The van der Waals surface area contributed by atoms with Crippen LogP contribution in [0.4, 0.5) is 0 Å². The minimum Gasteiger partial charge on any atom is -0.481 e. The highest BCUT2D eigenvalue weighted by molar-refractivity contribution is 5.92. The van der Waals surface area contributed by atoms with Gasteiger partial charge in [0.2, 0.25) is 11.8 Å². The Bertz CT molecular complexity index is 509. The SMILES string of the molecule is CC(O)C(N)C(=O)NC(CCC(=O)O)C(=O)N1CCCC1C(=O)O. The number of aliphatic carboxylic acids is 2. The van der Waals surface area contributed by atoms with Gasteiger partial charge in [-0.3, -0.25) is 14.4 Å². The fourth-order valence-corrected chi connectivity index (χ4v) is 2.50. The number of carbonyl (C=O) groups excluding carboxylic acids is 2. The molecule has 10 heteroatoms. The van der Waals surface area contributed by atoms with E-state index in [2.05, 4.69) is 5.32 Å². The first-order valence-electron chi connectivity index (χ1n) is 7.64. The molecule has 24 heavy (non-hydrogen) atoms. The second-order valence-corrected chi connectivity index (χ2v) is 5.79. The molecule has 0 aromatic carbocycles. The zero-order valence-corrected chi connectivity index (χ0v) is 13.3. The van der Waals surface area contributed by atoms with Crippen molar-refractivity contribution in [2.75, 3.05) is 6.54 Å². The van der Waals surface area contributed by atoms with E-state index >= 15 is 0 Å². The summed E-state index contributed by atoms with van der Waals surface area (Å²) in [5.41, 5.74) is 5.50. The van der Waals surface area contributed by atoms with Crippen molar-refractivity contribution in [3.05, 3.63) is 0 Å². The molecule has 4 unspecified atom stereocenters.